The molecule has 0 N–H and O–H groups in total. The number of thiazole rings is 1. The van der Waals surface area contributed by atoms with Crippen LogP contribution in [0.15, 0.2) is 35.1 Å². The lowest BCUT2D eigenvalue weighted by atomic mass is 10.0. The molecule has 2 saturated heterocycles. The molecule has 4 aromatic rings. The number of pyridine rings is 1. The van der Waals surface area contributed by atoms with E-state index in [1.807, 2.05) is 12.1 Å². The highest BCUT2D eigenvalue weighted by atomic mass is 32.1. The van der Waals surface area contributed by atoms with Crippen molar-refractivity contribution in [2.45, 2.75) is 20.3 Å². The second-order valence-electron chi connectivity index (χ2n) is 8.55. The molecule has 0 bridgehead atoms. The first-order valence-corrected chi connectivity index (χ1v) is 11.7. The Morgan fingerprint density at radius 1 is 1.07 bits per heavy atom. The molecule has 2 atom stereocenters. The Hall–Kier alpha value is -2.51. The number of anilines is 1. The number of aromatic nitrogens is 3. The molecule has 154 valence electrons. The van der Waals surface area contributed by atoms with Crippen molar-refractivity contribution in [2.24, 2.45) is 11.8 Å². The highest BCUT2D eigenvalue weighted by Crippen LogP contribution is 2.34. The Morgan fingerprint density at radius 3 is 2.57 bits per heavy atom. The van der Waals surface area contributed by atoms with Crippen molar-refractivity contribution in [2.75, 3.05) is 37.6 Å². The SMILES string of the molecule is CCc1nc(N2CC3CN(CC)CC3C2)nc2c1c(=O)cc1sc3ccccc3n12. The molecule has 0 spiro atoms. The summed E-state index contributed by atoms with van der Waals surface area (Å²) in [6, 6.07) is 10.0. The van der Waals surface area contributed by atoms with Crippen LogP contribution in [0.4, 0.5) is 5.95 Å². The van der Waals surface area contributed by atoms with Crippen LogP contribution < -0.4 is 10.3 Å². The van der Waals surface area contributed by atoms with Gasteiger partial charge in [-0.3, -0.25) is 9.20 Å². The van der Waals surface area contributed by atoms with Crippen molar-refractivity contribution in [3.05, 3.63) is 46.2 Å². The van der Waals surface area contributed by atoms with Gasteiger partial charge in [0.1, 0.15) is 4.83 Å². The molecule has 30 heavy (non-hydrogen) atoms. The summed E-state index contributed by atoms with van der Waals surface area (Å²) in [7, 11) is 0. The molecular weight excluding hydrogens is 394 g/mol. The standard InChI is InChI=1S/C23H25N5OS/c1-3-16-21-18(29)9-20-28(17-7-5-6-8-19(17)30-20)22(21)25-23(24-16)27-12-14-10-26(4-2)11-15(14)13-27/h5-9,14-15H,3-4,10-13H2,1-2H3. The van der Waals surface area contributed by atoms with Crippen LogP contribution in [0.1, 0.15) is 19.5 Å². The van der Waals surface area contributed by atoms with E-state index in [0.29, 0.717) is 17.2 Å². The van der Waals surface area contributed by atoms with Crippen LogP contribution in [-0.2, 0) is 6.42 Å². The van der Waals surface area contributed by atoms with Gasteiger partial charge in [-0.25, -0.2) is 4.98 Å². The van der Waals surface area contributed by atoms with Gasteiger partial charge in [0, 0.05) is 32.2 Å². The monoisotopic (exact) mass is 419 g/mol. The molecule has 3 aromatic heterocycles. The van der Waals surface area contributed by atoms with Gasteiger partial charge in [0.05, 0.1) is 21.3 Å². The third-order valence-electron chi connectivity index (χ3n) is 6.83. The summed E-state index contributed by atoms with van der Waals surface area (Å²) < 4.78 is 3.31. The Kier molecular flexibility index (Phi) is 4.11. The largest absolute Gasteiger partial charge is 0.340 e. The van der Waals surface area contributed by atoms with Crippen LogP contribution >= 0.6 is 11.3 Å². The maximum atomic E-state index is 13.0. The lowest BCUT2D eigenvalue weighted by Gasteiger charge is -2.21. The molecule has 6 rings (SSSR count). The average Bonchev–Trinajstić information content (AvgIpc) is 3.43. The van der Waals surface area contributed by atoms with E-state index in [2.05, 4.69) is 40.2 Å². The first-order valence-electron chi connectivity index (χ1n) is 10.9. The van der Waals surface area contributed by atoms with Crippen LogP contribution in [-0.4, -0.2) is 52.0 Å². The molecule has 5 heterocycles. The topological polar surface area (TPSA) is 53.7 Å². The maximum Gasteiger partial charge on any atom is 0.227 e. The minimum Gasteiger partial charge on any atom is -0.340 e. The molecule has 6 nitrogen and oxygen atoms in total. The van der Waals surface area contributed by atoms with Gasteiger partial charge in [-0.1, -0.05) is 26.0 Å². The summed E-state index contributed by atoms with van der Waals surface area (Å²) in [4.78, 5) is 28.7. The van der Waals surface area contributed by atoms with Crippen LogP contribution in [0.2, 0.25) is 0 Å². The summed E-state index contributed by atoms with van der Waals surface area (Å²) in [6.45, 7) is 9.80. The highest BCUT2D eigenvalue weighted by molar-refractivity contribution is 7.24. The van der Waals surface area contributed by atoms with E-state index in [-0.39, 0.29) is 5.43 Å². The predicted octanol–water partition coefficient (Wildman–Crippen LogP) is 3.41. The van der Waals surface area contributed by atoms with Gasteiger partial charge in [0.15, 0.2) is 11.1 Å². The van der Waals surface area contributed by atoms with Gasteiger partial charge in [0.25, 0.3) is 0 Å². The molecule has 0 radical (unpaired) electrons. The van der Waals surface area contributed by atoms with Gasteiger partial charge in [-0.2, -0.15) is 4.98 Å². The summed E-state index contributed by atoms with van der Waals surface area (Å²) in [5.41, 5.74) is 2.74. The lowest BCUT2D eigenvalue weighted by Crippen LogP contribution is -2.30. The number of para-hydroxylation sites is 1. The van der Waals surface area contributed by atoms with E-state index in [0.717, 1.165) is 58.4 Å². The van der Waals surface area contributed by atoms with Gasteiger partial charge in [0.2, 0.25) is 5.95 Å². The van der Waals surface area contributed by atoms with Crippen molar-refractivity contribution >= 4 is 43.4 Å². The number of likely N-dealkylation sites (tertiary alicyclic amines) is 1. The van der Waals surface area contributed by atoms with Crippen molar-refractivity contribution in [3.63, 3.8) is 0 Å². The number of hydrogen-bond donors (Lipinski definition) is 0. The minimum absolute atomic E-state index is 0.0248. The first kappa shape index (κ1) is 18.3. The van der Waals surface area contributed by atoms with E-state index in [9.17, 15) is 4.79 Å². The highest BCUT2D eigenvalue weighted by Gasteiger charge is 2.40. The predicted molar refractivity (Wildman–Crippen MR) is 123 cm³/mol. The number of nitrogens with zero attached hydrogens (tertiary/aromatic N) is 5. The molecule has 2 fully saturated rings. The zero-order valence-corrected chi connectivity index (χ0v) is 18.2. The van der Waals surface area contributed by atoms with Gasteiger partial charge in [-0.15, -0.1) is 11.3 Å². The summed E-state index contributed by atoms with van der Waals surface area (Å²) in [5, 5.41) is 0.666. The average molecular weight is 420 g/mol. The van der Waals surface area contributed by atoms with E-state index >= 15 is 0 Å². The second kappa shape index (κ2) is 6.75. The van der Waals surface area contributed by atoms with E-state index in [1.54, 1.807) is 17.4 Å². The van der Waals surface area contributed by atoms with E-state index < -0.39 is 0 Å². The van der Waals surface area contributed by atoms with Crippen LogP contribution in [0.5, 0.6) is 0 Å². The first-order chi connectivity index (χ1) is 14.7. The van der Waals surface area contributed by atoms with Crippen LogP contribution in [0.25, 0.3) is 26.1 Å². The Labute approximate surface area is 178 Å². The minimum atomic E-state index is 0.0248. The number of aryl methyl sites for hydroxylation is 1. The van der Waals surface area contributed by atoms with Crippen molar-refractivity contribution in [1.82, 2.24) is 19.3 Å². The Morgan fingerprint density at radius 2 is 1.83 bits per heavy atom. The normalized spacial score (nSPS) is 22.0. The summed E-state index contributed by atoms with van der Waals surface area (Å²) in [5.74, 6) is 2.16. The van der Waals surface area contributed by atoms with E-state index in [4.69, 9.17) is 9.97 Å². The van der Waals surface area contributed by atoms with Crippen LogP contribution in [0, 0.1) is 11.8 Å². The van der Waals surface area contributed by atoms with Crippen molar-refractivity contribution in [1.29, 1.82) is 0 Å². The molecule has 0 aliphatic carbocycles. The Balaban J connectivity index is 1.55. The van der Waals surface area contributed by atoms with Gasteiger partial charge >= 0.3 is 0 Å². The summed E-state index contributed by atoms with van der Waals surface area (Å²) >= 11 is 1.64. The fraction of sp³-hybridized carbons (Fsp3) is 0.435. The molecule has 2 aliphatic rings. The van der Waals surface area contributed by atoms with Gasteiger partial charge < -0.3 is 9.80 Å². The Bertz CT molecular complexity index is 1330. The molecule has 7 heteroatoms. The van der Waals surface area contributed by atoms with Gasteiger partial charge in [-0.05, 0) is 36.9 Å². The molecular formula is C23H25N5OS. The fourth-order valence-corrected chi connectivity index (χ4v) is 6.38. The maximum absolute atomic E-state index is 13.0. The number of rotatable bonds is 3. The third kappa shape index (κ3) is 2.61. The van der Waals surface area contributed by atoms with Crippen LogP contribution in [0.3, 0.4) is 0 Å². The smallest absolute Gasteiger partial charge is 0.227 e. The molecule has 1 aromatic carbocycles. The number of benzene rings is 1. The molecule has 0 saturated carbocycles. The third-order valence-corrected chi connectivity index (χ3v) is 7.91. The summed E-state index contributed by atoms with van der Waals surface area (Å²) in [6.07, 6.45) is 0.722. The molecule has 0 amide bonds. The molecule has 2 unspecified atom stereocenters. The fourth-order valence-electron chi connectivity index (χ4n) is 5.31. The lowest BCUT2D eigenvalue weighted by molar-refractivity contribution is 0.334. The van der Waals surface area contributed by atoms with Crippen molar-refractivity contribution < 1.29 is 0 Å². The zero-order valence-electron chi connectivity index (χ0n) is 17.3. The number of fused-ring (bicyclic) bond motifs is 6. The molecule has 2 aliphatic heterocycles. The zero-order chi connectivity index (χ0) is 20.4. The van der Waals surface area contributed by atoms with Crippen molar-refractivity contribution in [3.8, 4) is 0 Å². The quantitative estimate of drug-likeness (QED) is 0.509. The second-order valence-corrected chi connectivity index (χ2v) is 9.61. The number of hydrogen-bond acceptors (Lipinski definition) is 6. The van der Waals surface area contributed by atoms with E-state index in [1.165, 1.54) is 13.1 Å².